The number of carboxylic acids is 1. The van der Waals surface area contributed by atoms with Gasteiger partial charge in [-0.05, 0) is 36.2 Å². The normalized spacial score (nSPS) is 17.2. The second-order valence-electron chi connectivity index (χ2n) is 7.24. The zero-order valence-corrected chi connectivity index (χ0v) is 17.7. The Morgan fingerprint density at radius 3 is 2.73 bits per heavy atom. The number of rotatable bonds is 11. The maximum Gasteiger partial charge on any atom is 0.414 e. The Balaban J connectivity index is 1.56. The third-order valence-corrected chi connectivity index (χ3v) is 6.03. The van der Waals surface area contributed by atoms with Crippen molar-refractivity contribution < 1.29 is 28.6 Å². The molecule has 6 nitrogen and oxygen atoms in total. The lowest BCUT2D eigenvalue weighted by Crippen LogP contribution is -2.36. The van der Waals surface area contributed by atoms with E-state index in [1.807, 2.05) is 0 Å². The van der Waals surface area contributed by atoms with E-state index < -0.39 is 18.2 Å². The van der Waals surface area contributed by atoms with Crippen LogP contribution in [0.25, 0.3) is 0 Å². The molecule has 0 saturated carbocycles. The first-order valence-electron chi connectivity index (χ1n) is 10.1. The maximum atomic E-state index is 14.3. The summed E-state index contributed by atoms with van der Waals surface area (Å²) in [6, 6.07) is 9.87. The van der Waals surface area contributed by atoms with Gasteiger partial charge >= 0.3 is 12.1 Å². The average molecular weight is 436 g/mol. The number of thiophene rings is 1. The van der Waals surface area contributed by atoms with Crippen molar-refractivity contribution in [2.24, 2.45) is 0 Å². The molecule has 0 spiro atoms. The summed E-state index contributed by atoms with van der Waals surface area (Å²) in [6.45, 7) is 2.80. The molecule has 1 aromatic heterocycles. The number of cyclic esters (lactones) is 1. The van der Waals surface area contributed by atoms with Gasteiger partial charge < -0.3 is 14.6 Å². The summed E-state index contributed by atoms with van der Waals surface area (Å²) in [5.74, 6) is -0.962. The van der Waals surface area contributed by atoms with Crippen molar-refractivity contribution in [1.29, 1.82) is 0 Å². The van der Waals surface area contributed by atoms with Gasteiger partial charge in [-0.3, -0.25) is 4.90 Å². The summed E-state index contributed by atoms with van der Waals surface area (Å²) in [5.41, 5.74) is 1.25. The molecule has 0 radical (unpaired) electrons. The highest BCUT2D eigenvalue weighted by Crippen LogP contribution is 2.29. The number of carbonyl (C=O) groups is 2. The molecule has 8 heteroatoms. The molecule has 2 heterocycles. The van der Waals surface area contributed by atoms with E-state index in [1.54, 1.807) is 36.4 Å². The van der Waals surface area contributed by atoms with Crippen molar-refractivity contribution >= 4 is 29.1 Å². The number of hydrogen-bond donors (Lipinski definition) is 1. The number of unbranched alkanes of at least 4 members (excludes halogenated alkanes) is 2. The van der Waals surface area contributed by atoms with Crippen LogP contribution in [0.2, 0.25) is 0 Å². The first-order valence-corrected chi connectivity index (χ1v) is 10.9. The van der Waals surface area contributed by atoms with Crippen molar-refractivity contribution in [3.8, 4) is 0 Å². The zero-order chi connectivity index (χ0) is 21.5. The van der Waals surface area contributed by atoms with Gasteiger partial charge in [-0.1, -0.05) is 38.3 Å². The monoisotopic (exact) mass is 435 g/mol. The molecule has 2 aromatic rings. The molecule has 1 fully saturated rings. The van der Waals surface area contributed by atoms with Crippen LogP contribution >= 0.6 is 11.3 Å². The van der Waals surface area contributed by atoms with E-state index in [4.69, 9.17) is 14.6 Å². The van der Waals surface area contributed by atoms with Crippen molar-refractivity contribution in [2.45, 2.75) is 51.4 Å². The number of ether oxygens (including phenoxy) is 2. The summed E-state index contributed by atoms with van der Waals surface area (Å²) >= 11 is 1.16. The van der Waals surface area contributed by atoms with E-state index >= 15 is 0 Å². The standard InChI is InChI=1S/C22H26FNO5S/c1-2-3-4-5-19(23)15-6-8-16(9-7-15)24-17(13-29-22(24)27)12-28-14-18-10-11-20(30-18)21(25)26/h6-11,17,19H,2-5,12-14H2,1H3,(H,25,26). The predicted octanol–water partition coefficient (Wildman–Crippen LogP) is 5.58. The van der Waals surface area contributed by atoms with Crippen LogP contribution in [0.3, 0.4) is 0 Å². The highest BCUT2D eigenvalue weighted by molar-refractivity contribution is 7.13. The van der Waals surface area contributed by atoms with Crippen LogP contribution in [0.1, 0.15) is 58.9 Å². The number of aromatic carboxylic acids is 1. The minimum absolute atomic E-state index is 0.203. The molecule has 30 heavy (non-hydrogen) atoms. The molecule has 1 saturated heterocycles. The Hall–Kier alpha value is -2.45. The average Bonchev–Trinajstić information content (AvgIpc) is 3.35. The highest BCUT2D eigenvalue weighted by Gasteiger charge is 2.34. The molecule has 1 amide bonds. The number of anilines is 1. The number of amides is 1. The fraction of sp³-hybridized carbons (Fsp3) is 0.455. The lowest BCUT2D eigenvalue weighted by atomic mass is 10.0. The number of alkyl halides is 1. The summed E-state index contributed by atoms with van der Waals surface area (Å²) in [5, 5.41) is 8.98. The van der Waals surface area contributed by atoms with Gasteiger partial charge in [0.25, 0.3) is 0 Å². The minimum Gasteiger partial charge on any atom is -0.477 e. The third-order valence-electron chi connectivity index (χ3n) is 4.98. The van der Waals surface area contributed by atoms with E-state index in [0.29, 0.717) is 17.7 Å². The highest BCUT2D eigenvalue weighted by atomic mass is 32.1. The topological polar surface area (TPSA) is 76.1 Å². The quantitative estimate of drug-likeness (QED) is 0.466. The number of hydrogen-bond acceptors (Lipinski definition) is 5. The molecule has 0 bridgehead atoms. The van der Waals surface area contributed by atoms with Gasteiger partial charge in [0, 0.05) is 10.6 Å². The fourth-order valence-corrected chi connectivity index (χ4v) is 4.13. The molecule has 1 N–H and O–H groups in total. The molecule has 1 aliphatic rings. The van der Waals surface area contributed by atoms with Gasteiger partial charge in [-0.2, -0.15) is 0 Å². The molecule has 2 unspecified atom stereocenters. The van der Waals surface area contributed by atoms with Crippen LogP contribution < -0.4 is 4.90 Å². The van der Waals surface area contributed by atoms with Gasteiger partial charge in [-0.25, -0.2) is 14.0 Å². The summed E-state index contributed by atoms with van der Waals surface area (Å²) in [6.07, 6.45) is 1.97. The summed E-state index contributed by atoms with van der Waals surface area (Å²) < 4.78 is 25.2. The van der Waals surface area contributed by atoms with Crippen molar-refractivity contribution in [3.63, 3.8) is 0 Å². The lowest BCUT2D eigenvalue weighted by Gasteiger charge is -2.22. The Bertz CT molecular complexity index is 853. The first-order chi connectivity index (χ1) is 14.5. The van der Waals surface area contributed by atoms with Crippen molar-refractivity contribution in [1.82, 2.24) is 0 Å². The molecular formula is C22H26FNO5S. The smallest absolute Gasteiger partial charge is 0.414 e. The summed E-state index contributed by atoms with van der Waals surface area (Å²) in [4.78, 5) is 25.7. The number of carboxylic acid groups (broad SMARTS) is 1. The van der Waals surface area contributed by atoms with Crippen LogP contribution in [0.15, 0.2) is 36.4 Å². The molecule has 162 valence electrons. The Labute approximate surface area is 179 Å². The van der Waals surface area contributed by atoms with Gasteiger partial charge in [-0.15, -0.1) is 11.3 Å². The first kappa shape index (κ1) is 22.2. The van der Waals surface area contributed by atoms with E-state index in [2.05, 4.69) is 6.92 Å². The summed E-state index contributed by atoms with van der Waals surface area (Å²) in [7, 11) is 0. The zero-order valence-electron chi connectivity index (χ0n) is 16.9. The lowest BCUT2D eigenvalue weighted by molar-refractivity contribution is 0.0702. The maximum absolute atomic E-state index is 14.3. The number of carbonyl (C=O) groups excluding carboxylic acids is 1. The molecular weight excluding hydrogens is 409 g/mol. The van der Waals surface area contributed by atoms with E-state index in [0.717, 1.165) is 35.5 Å². The molecule has 0 aliphatic carbocycles. The van der Waals surface area contributed by atoms with Crippen LogP contribution in [-0.4, -0.2) is 36.4 Å². The predicted molar refractivity (Wildman–Crippen MR) is 113 cm³/mol. The van der Waals surface area contributed by atoms with E-state index in [-0.39, 0.29) is 30.7 Å². The van der Waals surface area contributed by atoms with Gasteiger partial charge in [0.05, 0.1) is 19.3 Å². The SMILES string of the molecule is CCCCCC(F)c1ccc(N2C(=O)OCC2COCc2ccc(C(=O)O)s2)cc1. The number of nitrogens with zero attached hydrogens (tertiary/aromatic N) is 1. The van der Waals surface area contributed by atoms with Crippen LogP contribution in [0, 0.1) is 0 Å². The second-order valence-corrected chi connectivity index (χ2v) is 8.41. The largest absolute Gasteiger partial charge is 0.477 e. The Morgan fingerprint density at radius 2 is 2.07 bits per heavy atom. The van der Waals surface area contributed by atoms with Crippen LogP contribution in [-0.2, 0) is 16.1 Å². The molecule has 2 atom stereocenters. The van der Waals surface area contributed by atoms with Gasteiger partial charge in [0.1, 0.15) is 17.7 Å². The minimum atomic E-state index is -1.00. The molecule has 1 aromatic carbocycles. The molecule has 1 aliphatic heterocycles. The van der Waals surface area contributed by atoms with Crippen molar-refractivity contribution in [2.75, 3.05) is 18.1 Å². The van der Waals surface area contributed by atoms with Gasteiger partial charge in [0.2, 0.25) is 0 Å². The van der Waals surface area contributed by atoms with E-state index in [1.165, 1.54) is 4.90 Å². The number of benzene rings is 1. The Morgan fingerprint density at radius 1 is 1.30 bits per heavy atom. The van der Waals surface area contributed by atoms with E-state index in [9.17, 15) is 14.0 Å². The second kappa shape index (κ2) is 10.5. The third kappa shape index (κ3) is 5.58. The molecule has 3 rings (SSSR count). The van der Waals surface area contributed by atoms with Crippen LogP contribution in [0.5, 0.6) is 0 Å². The van der Waals surface area contributed by atoms with Crippen LogP contribution in [0.4, 0.5) is 14.9 Å². The Kier molecular flexibility index (Phi) is 7.81. The number of halogens is 1. The van der Waals surface area contributed by atoms with Gasteiger partial charge in [0.15, 0.2) is 0 Å². The fourth-order valence-electron chi connectivity index (χ4n) is 3.35. The van der Waals surface area contributed by atoms with Crippen molar-refractivity contribution in [3.05, 3.63) is 51.7 Å².